The minimum Gasteiger partial charge on any atom is -0.323 e. The zero-order valence-corrected chi connectivity index (χ0v) is 8.62. The first-order valence-corrected chi connectivity index (χ1v) is 5.80. The molecule has 0 radical (unpaired) electrons. The number of aryl methyl sites for hydroxylation is 2. The second kappa shape index (κ2) is 3.02. The summed E-state index contributed by atoms with van der Waals surface area (Å²) in [5.74, 6) is 0. The van der Waals surface area contributed by atoms with Crippen LogP contribution in [0.15, 0.2) is 6.07 Å². The van der Waals surface area contributed by atoms with Gasteiger partial charge in [0.25, 0.3) is 0 Å². The Kier molecular flexibility index (Phi) is 1.80. The maximum atomic E-state index is 10.3. The van der Waals surface area contributed by atoms with Crippen LogP contribution in [0.3, 0.4) is 0 Å². The molecule has 0 atom stereocenters. The van der Waals surface area contributed by atoms with Gasteiger partial charge in [0.1, 0.15) is 0 Å². The molecule has 0 aliphatic heterocycles. The van der Waals surface area contributed by atoms with Gasteiger partial charge in [0.15, 0.2) is 5.62 Å². The Labute approximate surface area is 87.2 Å². The van der Waals surface area contributed by atoms with E-state index in [9.17, 15) is 4.79 Å². The van der Waals surface area contributed by atoms with Crippen LogP contribution in [0.1, 0.15) is 22.3 Å². The molecule has 0 saturated carbocycles. The van der Waals surface area contributed by atoms with Crippen molar-refractivity contribution in [2.45, 2.75) is 25.7 Å². The van der Waals surface area contributed by atoms with E-state index in [1.165, 1.54) is 53.6 Å². The third kappa shape index (κ3) is 1.02. The van der Waals surface area contributed by atoms with Gasteiger partial charge in [-0.3, -0.25) is 4.79 Å². The van der Waals surface area contributed by atoms with Gasteiger partial charge in [0.2, 0.25) is 0 Å². The van der Waals surface area contributed by atoms with E-state index in [0.717, 1.165) is 17.6 Å². The maximum Gasteiger partial charge on any atom is 0.196 e. The summed E-state index contributed by atoms with van der Waals surface area (Å²) in [4.78, 5) is 10.3. The normalized spacial score (nSPS) is 16.0. The van der Waals surface area contributed by atoms with Gasteiger partial charge in [-0.1, -0.05) is 6.07 Å². The van der Waals surface area contributed by atoms with Crippen molar-refractivity contribution in [3.05, 3.63) is 28.3 Å². The number of hydrogen-bond donors (Lipinski definition) is 1. The predicted octanol–water partition coefficient (Wildman–Crippen LogP) is 2.13. The number of nitrogens with one attached hydrogen (secondary N) is 1. The standard InChI is InChI=1S/C11H11NOS/c13-6-14-12-11-9-3-1-7(9)5-8-2-4-10(8)11/h5-6,12H,1-4H2. The summed E-state index contributed by atoms with van der Waals surface area (Å²) < 4.78 is 3.16. The molecule has 0 fully saturated rings. The van der Waals surface area contributed by atoms with Gasteiger partial charge in [0.05, 0.1) is 5.69 Å². The van der Waals surface area contributed by atoms with Crippen LogP contribution in [-0.4, -0.2) is 5.62 Å². The molecule has 1 aromatic rings. The van der Waals surface area contributed by atoms with Crippen LogP contribution in [0.5, 0.6) is 0 Å². The molecule has 0 aromatic heterocycles. The van der Waals surface area contributed by atoms with Crippen molar-refractivity contribution in [1.29, 1.82) is 0 Å². The molecule has 0 unspecified atom stereocenters. The summed E-state index contributed by atoms with van der Waals surface area (Å²) in [5.41, 5.74) is 7.95. The van der Waals surface area contributed by atoms with Crippen molar-refractivity contribution in [2.24, 2.45) is 0 Å². The summed E-state index contributed by atoms with van der Waals surface area (Å²) >= 11 is 1.14. The van der Waals surface area contributed by atoms with Crippen LogP contribution in [0.25, 0.3) is 0 Å². The zero-order valence-electron chi connectivity index (χ0n) is 7.80. The maximum absolute atomic E-state index is 10.3. The molecular formula is C11H11NOS. The molecule has 1 aromatic carbocycles. The lowest BCUT2D eigenvalue weighted by atomic mass is 9.77. The average molecular weight is 205 g/mol. The van der Waals surface area contributed by atoms with Crippen LogP contribution in [0.2, 0.25) is 0 Å². The van der Waals surface area contributed by atoms with E-state index < -0.39 is 0 Å². The van der Waals surface area contributed by atoms with Gasteiger partial charge in [-0.25, -0.2) is 0 Å². The Morgan fingerprint density at radius 1 is 1.14 bits per heavy atom. The van der Waals surface area contributed by atoms with Gasteiger partial charge >= 0.3 is 0 Å². The second-order valence-electron chi connectivity index (χ2n) is 3.84. The monoisotopic (exact) mass is 205 g/mol. The van der Waals surface area contributed by atoms with Gasteiger partial charge in [0, 0.05) is 11.9 Å². The number of fused-ring (bicyclic) bond motifs is 2. The molecule has 14 heavy (non-hydrogen) atoms. The average Bonchev–Trinajstić information content (AvgIpc) is 2.09. The fourth-order valence-electron chi connectivity index (χ4n) is 2.28. The van der Waals surface area contributed by atoms with Gasteiger partial charge in [-0.2, -0.15) is 0 Å². The fraction of sp³-hybridized carbons (Fsp3) is 0.364. The lowest BCUT2D eigenvalue weighted by molar-refractivity contribution is 0.570. The second-order valence-corrected chi connectivity index (χ2v) is 4.48. The van der Waals surface area contributed by atoms with Gasteiger partial charge in [-0.05, 0) is 47.9 Å². The molecule has 0 amide bonds. The Bertz CT molecular complexity index is 384. The highest BCUT2D eigenvalue weighted by atomic mass is 32.2. The summed E-state index contributed by atoms with van der Waals surface area (Å²) in [6.45, 7) is 0. The number of carbonyl (C=O) groups excluding carboxylic acids is 1. The molecule has 2 aliphatic carbocycles. The van der Waals surface area contributed by atoms with Crippen LogP contribution < -0.4 is 4.72 Å². The van der Waals surface area contributed by atoms with Crippen molar-refractivity contribution in [1.82, 2.24) is 0 Å². The highest BCUT2D eigenvalue weighted by Gasteiger charge is 2.26. The van der Waals surface area contributed by atoms with Crippen LogP contribution in [0, 0.1) is 0 Å². The fourth-order valence-corrected chi connectivity index (χ4v) is 2.69. The third-order valence-electron chi connectivity index (χ3n) is 3.23. The predicted molar refractivity (Wildman–Crippen MR) is 59.2 cm³/mol. The molecule has 3 heteroatoms. The Morgan fingerprint density at radius 3 is 2.21 bits per heavy atom. The highest BCUT2D eigenvalue weighted by Crippen LogP contribution is 2.41. The van der Waals surface area contributed by atoms with Gasteiger partial charge < -0.3 is 4.72 Å². The van der Waals surface area contributed by atoms with Crippen molar-refractivity contribution in [3.63, 3.8) is 0 Å². The SMILES string of the molecule is O=CSNc1c2c(cc3c1CC3)CC2. The van der Waals surface area contributed by atoms with E-state index in [0.29, 0.717) is 0 Å². The Morgan fingerprint density at radius 2 is 1.79 bits per heavy atom. The summed E-state index contributed by atoms with van der Waals surface area (Å²) in [5, 5.41) is 0. The molecular weight excluding hydrogens is 194 g/mol. The number of anilines is 1. The summed E-state index contributed by atoms with van der Waals surface area (Å²) in [7, 11) is 0. The molecule has 0 spiro atoms. The summed E-state index contributed by atoms with van der Waals surface area (Å²) in [6, 6.07) is 2.34. The zero-order chi connectivity index (χ0) is 9.54. The molecule has 0 bridgehead atoms. The first kappa shape index (κ1) is 8.36. The molecule has 1 N–H and O–H groups in total. The van der Waals surface area contributed by atoms with E-state index in [1.54, 1.807) is 0 Å². The minimum absolute atomic E-state index is 0.850. The molecule has 2 aliphatic rings. The van der Waals surface area contributed by atoms with Crippen LogP contribution >= 0.6 is 11.9 Å². The largest absolute Gasteiger partial charge is 0.323 e. The number of benzene rings is 1. The topological polar surface area (TPSA) is 29.1 Å². The number of carbonyl (C=O) groups is 1. The van der Waals surface area contributed by atoms with Crippen molar-refractivity contribution >= 4 is 23.3 Å². The van der Waals surface area contributed by atoms with E-state index >= 15 is 0 Å². The first-order chi connectivity index (χ1) is 6.90. The van der Waals surface area contributed by atoms with E-state index in [4.69, 9.17) is 0 Å². The van der Waals surface area contributed by atoms with Crippen molar-refractivity contribution < 1.29 is 4.79 Å². The highest BCUT2D eigenvalue weighted by molar-refractivity contribution is 8.13. The van der Waals surface area contributed by atoms with Crippen LogP contribution in [0.4, 0.5) is 5.69 Å². The smallest absolute Gasteiger partial charge is 0.196 e. The molecule has 0 heterocycles. The molecule has 72 valence electrons. The Balaban J connectivity index is 2.03. The molecule has 3 rings (SSSR count). The molecule has 2 nitrogen and oxygen atoms in total. The number of hydrogen-bond acceptors (Lipinski definition) is 3. The molecule has 0 saturated heterocycles. The van der Waals surface area contributed by atoms with Crippen molar-refractivity contribution in [3.8, 4) is 0 Å². The third-order valence-corrected chi connectivity index (χ3v) is 3.64. The lowest BCUT2D eigenvalue weighted by Gasteiger charge is -2.31. The van der Waals surface area contributed by atoms with E-state index in [-0.39, 0.29) is 0 Å². The lowest BCUT2D eigenvalue weighted by Crippen LogP contribution is -2.20. The van der Waals surface area contributed by atoms with E-state index in [1.807, 2.05) is 0 Å². The first-order valence-electron chi connectivity index (χ1n) is 4.92. The quantitative estimate of drug-likeness (QED) is 0.605. The Hall–Kier alpha value is -0.960. The van der Waals surface area contributed by atoms with E-state index in [2.05, 4.69) is 10.8 Å². The summed E-state index contributed by atoms with van der Waals surface area (Å²) in [6.07, 6.45) is 4.76. The van der Waals surface area contributed by atoms with Crippen LogP contribution in [-0.2, 0) is 30.5 Å². The number of rotatable bonds is 3. The minimum atomic E-state index is 0.850. The van der Waals surface area contributed by atoms with Crippen molar-refractivity contribution in [2.75, 3.05) is 4.72 Å². The van der Waals surface area contributed by atoms with Gasteiger partial charge in [-0.15, -0.1) is 0 Å².